The van der Waals surface area contributed by atoms with E-state index in [0.717, 1.165) is 96.2 Å². The Kier molecular flexibility index (Phi) is 9.56. The molecule has 2 saturated heterocycles. The van der Waals surface area contributed by atoms with Gasteiger partial charge in [0, 0.05) is 55.9 Å². The molecule has 4 heterocycles. The summed E-state index contributed by atoms with van der Waals surface area (Å²) < 4.78 is 17.8. The predicted octanol–water partition coefficient (Wildman–Crippen LogP) is 5.83. The fourth-order valence-electron chi connectivity index (χ4n) is 7.76. The highest BCUT2D eigenvalue weighted by atomic mass is 35.5. The van der Waals surface area contributed by atoms with Gasteiger partial charge in [-0.3, -0.25) is 4.90 Å². The number of hydrogen-bond donors (Lipinski definition) is 0. The number of rotatable bonds is 9. The molecule has 4 aromatic rings. The summed E-state index contributed by atoms with van der Waals surface area (Å²) in [6.07, 6.45) is 2.67. The molecular formula is C39H42ClN7O4. The van der Waals surface area contributed by atoms with Crippen LogP contribution in [-0.4, -0.2) is 96.5 Å². The summed E-state index contributed by atoms with van der Waals surface area (Å²) in [4.78, 5) is 32.2. The number of piperazine rings is 1. The third-order valence-electron chi connectivity index (χ3n) is 10.7. The van der Waals surface area contributed by atoms with Crippen molar-refractivity contribution < 1.29 is 19.0 Å². The van der Waals surface area contributed by atoms with Crippen LogP contribution >= 0.6 is 11.6 Å². The Morgan fingerprint density at radius 2 is 1.76 bits per heavy atom. The minimum Gasteiger partial charge on any atom is -0.461 e. The number of benzene rings is 3. The second-order valence-electron chi connectivity index (χ2n) is 13.8. The zero-order valence-electron chi connectivity index (χ0n) is 28.7. The molecule has 0 unspecified atom stereocenters. The molecule has 12 heteroatoms. The van der Waals surface area contributed by atoms with E-state index in [1.165, 1.54) is 0 Å². The maximum atomic E-state index is 13.3. The first-order chi connectivity index (χ1) is 25.0. The van der Waals surface area contributed by atoms with Crippen molar-refractivity contribution in [3.8, 4) is 12.1 Å². The van der Waals surface area contributed by atoms with Crippen LogP contribution < -0.4 is 14.5 Å². The lowest BCUT2D eigenvalue weighted by Gasteiger charge is -2.42. The lowest BCUT2D eigenvalue weighted by atomic mass is 10.0. The van der Waals surface area contributed by atoms with Gasteiger partial charge in [0.1, 0.15) is 19.0 Å². The van der Waals surface area contributed by atoms with E-state index in [1.54, 1.807) is 4.90 Å². The highest BCUT2D eigenvalue weighted by molar-refractivity contribution is 6.36. The van der Waals surface area contributed by atoms with E-state index in [9.17, 15) is 10.1 Å². The van der Waals surface area contributed by atoms with Crippen LogP contribution in [0.15, 0.2) is 66.7 Å². The van der Waals surface area contributed by atoms with Crippen LogP contribution in [0, 0.1) is 11.3 Å². The number of hydrogen-bond acceptors (Lipinski definition) is 10. The molecular weight excluding hydrogens is 666 g/mol. The van der Waals surface area contributed by atoms with Crippen molar-refractivity contribution in [2.75, 3.05) is 68.9 Å². The van der Waals surface area contributed by atoms with Gasteiger partial charge in [-0.15, -0.1) is 0 Å². The molecule has 264 valence electrons. The van der Waals surface area contributed by atoms with Crippen molar-refractivity contribution >= 4 is 40.0 Å². The summed E-state index contributed by atoms with van der Waals surface area (Å²) >= 11 is 6.76. The van der Waals surface area contributed by atoms with Gasteiger partial charge in [-0.05, 0) is 42.3 Å². The van der Waals surface area contributed by atoms with Gasteiger partial charge in [0.05, 0.1) is 54.5 Å². The first kappa shape index (κ1) is 33.5. The smallest absolute Gasteiger partial charge is 0.410 e. The molecule has 51 heavy (non-hydrogen) atoms. The minimum absolute atomic E-state index is 0.00142. The number of anilines is 2. The summed E-state index contributed by atoms with van der Waals surface area (Å²) in [5, 5.41) is 12.6. The fraction of sp³-hybridized carbons (Fsp3) is 0.436. The second-order valence-corrected chi connectivity index (χ2v) is 14.3. The number of amides is 1. The number of carbonyl (C=O) groups excluding carboxylic acids is 1. The van der Waals surface area contributed by atoms with Crippen molar-refractivity contribution in [3.63, 3.8) is 0 Å². The molecule has 4 aliphatic rings. The fourth-order valence-corrected chi connectivity index (χ4v) is 8.04. The van der Waals surface area contributed by atoms with Crippen LogP contribution in [-0.2, 0) is 29.0 Å². The van der Waals surface area contributed by atoms with E-state index in [2.05, 4.69) is 45.0 Å². The third-order valence-corrected chi connectivity index (χ3v) is 11.0. The van der Waals surface area contributed by atoms with Gasteiger partial charge in [-0.2, -0.15) is 15.2 Å². The Bertz CT molecular complexity index is 1920. The maximum Gasteiger partial charge on any atom is 0.410 e. The topological polar surface area (TPSA) is 107 Å². The quantitative estimate of drug-likeness (QED) is 0.211. The zero-order valence-corrected chi connectivity index (χ0v) is 29.4. The molecule has 3 fully saturated rings. The first-order valence-corrected chi connectivity index (χ1v) is 18.3. The number of nitriles is 1. The van der Waals surface area contributed by atoms with Gasteiger partial charge in [0.25, 0.3) is 0 Å². The molecule has 0 radical (unpaired) electrons. The Hall–Kier alpha value is -4.63. The number of morpholine rings is 1. The summed E-state index contributed by atoms with van der Waals surface area (Å²) in [5.41, 5.74) is 3.99. The Morgan fingerprint density at radius 3 is 2.55 bits per heavy atom. The van der Waals surface area contributed by atoms with Crippen molar-refractivity contribution in [3.05, 3.63) is 88.6 Å². The second kappa shape index (κ2) is 14.5. The molecule has 1 aromatic heterocycles. The van der Waals surface area contributed by atoms with E-state index in [4.69, 9.17) is 35.8 Å². The van der Waals surface area contributed by atoms with Gasteiger partial charge in [-0.1, -0.05) is 66.2 Å². The molecule has 1 aliphatic carbocycles. The molecule has 1 atom stereocenters. The number of fused-ring (bicyclic) bond motifs is 2. The largest absolute Gasteiger partial charge is 0.461 e. The van der Waals surface area contributed by atoms with Crippen LogP contribution in [0.2, 0.25) is 5.02 Å². The molecule has 0 spiro atoms. The van der Waals surface area contributed by atoms with Crippen molar-refractivity contribution in [2.45, 2.75) is 50.4 Å². The lowest BCUT2D eigenvalue weighted by molar-refractivity contribution is -0.00339. The van der Waals surface area contributed by atoms with Crippen molar-refractivity contribution in [2.24, 2.45) is 0 Å². The molecule has 3 aromatic carbocycles. The van der Waals surface area contributed by atoms with E-state index in [1.807, 2.05) is 42.5 Å². The standard InChI is InChI=1S/C39H42ClN7O4/c40-32-10-4-8-29-9-5-11-34(35(29)32)44-17-13-31-33(25-44)42-37(51-27-39(14-15-39)46-20-22-49-23-21-46)43-36(31)45-18-19-47(30(24-45)12-16-41)38(48)50-26-28-6-2-1-3-7-28/h1-11,30H,12-15,17-27H2/t30-/m0/s1. The summed E-state index contributed by atoms with van der Waals surface area (Å²) in [6, 6.07) is 24.2. The third kappa shape index (κ3) is 7.01. The van der Waals surface area contributed by atoms with Crippen molar-refractivity contribution in [1.82, 2.24) is 19.8 Å². The SMILES string of the molecule is N#CC[C@H]1CN(c2nc(OCC3(N4CCOCC4)CC3)nc3c2CCN(c2cccc4cccc(Cl)c24)C3)CCN1C(=O)OCc1ccccc1. The average molecular weight is 708 g/mol. The van der Waals surface area contributed by atoms with E-state index in [-0.39, 0.29) is 24.6 Å². The summed E-state index contributed by atoms with van der Waals surface area (Å²) in [6.45, 7) is 6.75. The zero-order chi connectivity index (χ0) is 34.8. The predicted molar refractivity (Wildman–Crippen MR) is 195 cm³/mol. The van der Waals surface area contributed by atoms with Crippen LogP contribution in [0.4, 0.5) is 16.3 Å². The minimum atomic E-state index is -0.408. The van der Waals surface area contributed by atoms with E-state index < -0.39 is 6.09 Å². The number of carbonyl (C=O) groups is 1. The van der Waals surface area contributed by atoms with Crippen LogP contribution in [0.3, 0.4) is 0 Å². The van der Waals surface area contributed by atoms with E-state index >= 15 is 0 Å². The molecule has 1 saturated carbocycles. The number of halogens is 1. The molecule has 0 bridgehead atoms. The average Bonchev–Trinajstić information content (AvgIpc) is 3.97. The molecule has 0 N–H and O–H groups in total. The molecule has 8 rings (SSSR count). The summed E-state index contributed by atoms with van der Waals surface area (Å²) in [7, 11) is 0. The Labute approximate surface area is 303 Å². The van der Waals surface area contributed by atoms with Crippen molar-refractivity contribution in [1.29, 1.82) is 5.26 Å². The monoisotopic (exact) mass is 707 g/mol. The van der Waals surface area contributed by atoms with Crippen LogP contribution in [0.25, 0.3) is 10.8 Å². The van der Waals surface area contributed by atoms with Crippen LogP contribution in [0.1, 0.15) is 36.1 Å². The Morgan fingerprint density at radius 1 is 0.961 bits per heavy atom. The number of aromatic nitrogens is 2. The van der Waals surface area contributed by atoms with Gasteiger partial charge in [0.15, 0.2) is 0 Å². The molecule has 3 aliphatic heterocycles. The van der Waals surface area contributed by atoms with Gasteiger partial charge < -0.3 is 28.9 Å². The molecule has 1 amide bonds. The van der Waals surface area contributed by atoms with Crippen LogP contribution in [0.5, 0.6) is 6.01 Å². The highest BCUT2D eigenvalue weighted by Gasteiger charge is 2.49. The normalized spacial score (nSPS) is 20.1. The number of ether oxygens (including phenoxy) is 3. The van der Waals surface area contributed by atoms with Gasteiger partial charge in [-0.25, -0.2) is 4.79 Å². The summed E-state index contributed by atoms with van der Waals surface area (Å²) in [5.74, 6) is 0.821. The Balaban J connectivity index is 1.07. The lowest BCUT2D eigenvalue weighted by Crippen LogP contribution is -2.55. The first-order valence-electron chi connectivity index (χ1n) is 17.9. The van der Waals surface area contributed by atoms with Gasteiger partial charge in [0.2, 0.25) is 0 Å². The van der Waals surface area contributed by atoms with Gasteiger partial charge >= 0.3 is 12.1 Å². The number of nitrogens with zero attached hydrogens (tertiary/aromatic N) is 7. The highest BCUT2D eigenvalue weighted by Crippen LogP contribution is 2.43. The maximum absolute atomic E-state index is 13.3. The van der Waals surface area contributed by atoms with E-state index in [0.29, 0.717) is 38.8 Å². The molecule has 11 nitrogen and oxygen atoms in total.